The molecule has 1 atom stereocenters. The fourth-order valence-corrected chi connectivity index (χ4v) is 2.48. The number of fused-ring (bicyclic) bond motifs is 1. The highest BCUT2D eigenvalue weighted by Gasteiger charge is 2.11. The van der Waals surface area contributed by atoms with E-state index in [-0.39, 0.29) is 0 Å². The molecule has 2 heteroatoms. The fourth-order valence-electron chi connectivity index (χ4n) is 2.48. The molecule has 96 valence electrons. The maximum absolute atomic E-state index is 4.53. The summed E-state index contributed by atoms with van der Waals surface area (Å²) in [6, 6.07) is 15.2. The molecule has 0 N–H and O–H groups in total. The van der Waals surface area contributed by atoms with Crippen LogP contribution in [0.3, 0.4) is 0 Å². The Hall–Kier alpha value is -2.09. The fraction of sp³-hybridized carbons (Fsp3) is 0.235. The van der Waals surface area contributed by atoms with Crippen molar-refractivity contribution in [2.45, 2.75) is 26.8 Å². The first-order valence-electron chi connectivity index (χ1n) is 6.65. The van der Waals surface area contributed by atoms with Gasteiger partial charge in [0.2, 0.25) is 0 Å². The minimum absolute atomic E-state index is 0.299. The summed E-state index contributed by atoms with van der Waals surface area (Å²) in [7, 11) is 0. The Morgan fingerprint density at radius 2 is 1.68 bits per heavy atom. The summed E-state index contributed by atoms with van der Waals surface area (Å²) in [5.74, 6) is 0. The largest absolute Gasteiger partial charge is 0.323 e. The van der Waals surface area contributed by atoms with Gasteiger partial charge in [0.05, 0.1) is 23.4 Å². The Morgan fingerprint density at radius 3 is 2.42 bits per heavy atom. The first kappa shape index (κ1) is 12.0. The second-order valence-corrected chi connectivity index (χ2v) is 5.16. The average Bonchev–Trinajstić information content (AvgIpc) is 2.82. The number of benzene rings is 2. The SMILES string of the molecule is Cc1cc2ncn(C(C)c3ccccc3)c2cc1C. The molecule has 3 rings (SSSR count). The van der Waals surface area contributed by atoms with Crippen molar-refractivity contribution in [2.24, 2.45) is 0 Å². The van der Waals surface area contributed by atoms with Crippen LogP contribution in [-0.4, -0.2) is 9.55 Å². The van der Waals surface area contributed by atoms with Crippen LogP contribution in [0.15, 0.2) is 48.8 Å². The summed E-state index contributed by atoms with van der Waals surface area (Å²) in [5, 5.41) is 0. The molecule has 1 heterocycles. The van der Waals surface area contributed by atoms with Crippen LogP contribution in [0.2, 0.25) is 0 Å². The van der Waals surface area contributed by atoms with E-state index < -0.39 is 0 Å². The van der Waals surface area contributed by atoms with Gasteiger partial charge in [0.25, 0.3) is 0 Å². The molecule has 2 aromatic carbocycles. The van der Waals surface area contributed by atoms with Gasteiger partial charge in [-0.05, 0) is 49.6 Å². The highest BCUT2D eigenvalue weighted by molar-refractivity contribution is 5.77. The zero-order valence-electron chi connectivity index (χ0n) is 11.6. The third-order valence-corrected chi connectivity index (χ3v) is 3.89. The van der Waals surface area contributed by atoms with Crippen molar-refractivity contribution >= 4 is 11.0 Å². The number of aryl methyl sites for hydroxylation is 2. The van der Waals surface area contributed by atoms with Crippen LogP contribution in [0.5, 0.6) is 0 Å². The minimum Gasteiger partial charge on any atom is -0.323 e. The van der Waals surface area contributed by atoms with Crippen molar-refractivity contribution in [3.63, 3.8) is 0 Å². The van der Waals surface area contributed by atoms with Gasteiger partial charge in [0.1, 0.15) is 0 Å². The smallest absolute Gasteiger partial charge is 0.0964 e. The summed E-state index contributed by atoms with van der Waals surface area (Å²) < 4.78 is 2.25. The zero-order valence-corrected chi connectivity index (χ0v) is 11.6. The molecule has 1 aromatic heterocycles. The Balaban J connectivity index is 2.13. The van der Waals surface area contributed by atoms with E-state index in [1.165, 1.54) is 22.2 Å². The third kappa shape index (κ3) is 2.03. The predicted molar refractivity (Wildman–Crippen MR) is 79.5 cm³/mol. The molecular formula is C17H18N2. The normalized spacial score (nSPS) is 12.8. The lowest BCUT2D eigenvalue weighted by Crippen LogP contribution is -2.05. The van der Waals surface area contributed by atoms with Gasteiger partial charge in [-0.1, -0.05) is 30.3 Å². The predicted octanol–water partition coefficient (Wildman–Crippen LogP) is 4.26. The molecular weight excluding hydrogens is 232 g/mol. The highest BCUT2D eigenvalue weighted by Crippen LogP contribution is 2.25. The van der Waals surface area contributed by atoms with Gasteiger partial charge in [-0.25, -0.2) is 4.98 Å². The quantitative estimate of drug-likeness (QED) is 0.664. The van der Waals surface area contributed by atoms with E-state index in [1.54, 1.807) is 0 Å². The monoisotopic (exact) mass is 250 g/mol. The minimum atomic E-state index is 0.299. The highest BCUT2D eigenvalue weighted by atomic mass is 15.1. The van der Waals surface area contributed by atoms with Gasteiger partial charge in [0, 0.05) is 0 Å². The van der Waals surface area contributed by atoms with Gasteiger partial charge >= 0.3 is 0 Å². The lowest BCUT2D eigenvalue weighted by atomic mass is 10.1. The summed E-state index contributed by atoms with van der Waals surface area (Å²) in [6.07, 6.45) is 1.95. The molecule has 3 aromatic rings. The molecule has 0 fully saturated rings. The average molecular weight is 250 g/mol. The van der Waals surface area contributed by atoms with E-state index in [2.05, 4.69) is 72.8 Å². The Kier molecular flexibility index (Phi) is 2.86. The number of aromatic nitrogens is 2. The van der Waals surface area contributed by atoms with Crippen LogP contribution in [0, 0.1) is 13.8 Å². The van der Waals surface area contributed by atoms with Crippen molar-refractivity contribution in [3.05, 3.63) is 65.5 Å². The van der Waals surface area contributed by atoms with Crippen LogP contribution >= 0.6 is 0 Å². The van der Waals surface area contributed by atoms with Crippen molar-refractivity contribution in [2.75, 3.05) is 0 Å². The topological polar surface area (TPSA) is 17.8 Å². The Morgan fingerprint density at radius 1 is 1.00 bits per heavy atom. The molecule has 0 aliphatic heterocycles. The van der Waals surface area contributed by atoms with Crippen molar-refractivity contribution in [1.82, 2.24) is 9.55 Å². The second kappa shape index (κ2) is 4.54. The van der Waals surface area contributed by atoms with E-state index in [0.29, 0.717) is 6.04 Å². The van der Waals surface area contributed by atoms with Crippen LogP contribution in [0.25, 0.3) is 11.0 Å². The molecule has 0 saturated heterocycles. The van der Waals surface area contributed by atoms with Gasteiger partial charge in [-0.15, -0.1) is 0 Å². The van der Waals surface area contributed by atoms with E-state index in [1.807, 2.05) is 6.33 Å². The number of nitrogens with zero attached hydrogens (tertiary/aromatic N) is 2. The van der Waals surface area contributed by atoms with Gasteiger partial charge in [-0.3, -0.25) is 0 Å². The lowest BCUT2D eigenvalue weighted by molar-refractivity contribution is 0.657. The van der Waals surface area contributed by atoms with Gasteiger partial charge in [-0.2, -0.15) is 0 Å². The lowest BCUT2D eigenvalue weighted by Gasteiger charge is -2.15. The van der Waals surface area contributed by atoms with Gasteiger partial charge in [0.15, 0.2) is 0 Å². The maximum atomic E-state index is 4.53. The number of hydrogen-bond donors (Lipinski definition) is 0. The van der Waals surface area contributed by atoms with Crippen LogP contribution in [0.1, 0.15) is 29.7 Å². The molecule has 0 amide bonds. The molecule has 0 spiro atoms. The molecule has 0 bridgehead atoms. The van der Waals surface area contributed by atoms with Crippen LogP contribution in [0.4, 0.5) is 0 Å². The molecule has 0 saturated carbocycles. The molecule has 0 aliphatic rings. The number of imidazole rings is 1. The Bertz CT molecular complexity index is 711. The third-order valence-electron chi connectivity index (χ3n) is 3.89. The van der Waals surface area contributed by atoms with E-state index in [4.69, 9.17) is 0 Å². The van der Waals surface area contributed by atoms with E-state index in [9.17, 15) is 0 Å². The summed E-state index contributed by atoms with van der Waals surface area (Å²) in [6.45, 7) is 6.50. The summed E-state index contributed by atoms with van der Waals surface area (Å²) >= 11 is 0. The standard InChI is InChI=1S/C17H18N2/c1-12-9-16-17(10-13(12)2)19(11-18-16)14(3)15-7-5-4-6-8-15/h4-11,14H,1-3H3. The van der Waals surface area contributed by atoms with E-state index >= 15 is 0 Å². The van der Waals surface area contributed by atoms with E-state index in [0.717, 1.165) is 5.52 Å². The second-order valence-electron chi connectivity index (χ2n) is 5.16. The molecule has 19 heavy (non-hydrogen) atoms. The molecule has 0 radical (unpaired) electrons. The van der Waals surface area contributed by atoms with Crippen molar-refractivity contribution < 1.29 is 0 Å². The number of rotatable bonds is 2. The zero-order chi connectivity index (χ0) is 13.4. The van der Waals surface area contributed by atoms with Crippen molar-refractivity contribution in [3.8, 4) is 0 Å². The van der Waals surface area contributed by atoms with Gasteiger partial charge < -0.3 is 4.57 Å². The maximum Gasteiger partial charge on any atom is 0.0964 e. The molecule has 1 unspecified atom stereocenters. The number of hydrogen-bond acceptors (Lipinski definition) is 1. The summed E-state index contributed by atoms with van der Waals surface area (Å²) in [4.78, 5) is 4.53. The van der Waals surface area contributed by atoms with Crippen LogP contribution in [-0.2, 0) is 0 Å². The summed E-state index contributed by atoms with van der Waals surface area (Å²) in [5.41, 5.74) is 6.20. The van der Waals surface area contributed by atoms with Crippen LogP contribution < -0.4 is 0 Å². The Labute approximate surface area is 113 Å². The first-order chi connectivity index (χ1) is 9.16. The van der Waals surface area contributed by atoms with Crippen molar-refractivity contribution in [1.29, 1.82) is 0 Å². The molecule has 0 aliphatic carbocycles. The molecule has 2 nitrogen and oxygen atoms in total. The first-order valence-corrected chi connectivity index (χ1v) is 6.65.